The van der Waals surface area contributed by atoms with Crippen molar-refractivity contribution < 1.29 is 46.1 Å². The SMILES string of the molecule is CNc1nc2ccc(S(=O)(=O)N(CC(C)C)C[C@@H](O)[C@H](Cc3ccccc3)NC(=O)O[C@H]3CO[C@H]4OC[C@H](OCc5ccccc5F)[C@H]43)cc2o1. The zero-order valence-electron chi connectivity index (χ0n) is 28.6. The predicted molar refractivity (Wildman–Crippen MR) is 185 cm³/mol. The van der Waals surface area contributed by atoms with Crippen molar-refractivity contribution in [3.05, 3.63) is 89.7 Å². The van der Waals surface area contributed by atoms with Crippen molar-refractivity contribution in [2.75, 3.05) is 38.7 Å². The highest BCUT2D eigenvalue weighted by atomic mass is 32.2. The van der Waals surface area contributed by atoms with Crippen molar-refractivity contribution in [1.29, 1.82) is 0 Å². The Bertz CT molecular complexity index is 1890. The molecule has 1 aromatic heterocycles. The Hall–Kier alpha value is -4.12. The van der Waals surface area contributed by atoms with Gasteiger partial charge in [-0.25, -0.2) is 17.6 Å². The second-order valence-corrected chi connectivity index (χ2v) is 15.1. The number of anilines is 1. The first-order valence-corrected chi connectivity index (χ1v) is 18.3. The van der Waals surface area contributed by atoms with Gasteiger partial charge in [0.1, 0.15) is 17.4 Å². The predicted octanol–water partition coefficient (Wildman–Crippen LogP) is 4.31. The first-order valence-electron chi connectivity index (χ1n) is 16.9. The molecule has 0 spiro atoms. The van der Waals surface area contributed by atoms with Crippen LogP contribution in [0, 0.1) is 17.7 Å². The summed E-state index contributed by atoms with van der Waals surface area (Å²) in [5.41, 5.74) is 1.99. The van der Waals surface area contributed by atoms with E-state index in [0.29, 0.717) is 16.7 Å². The third-order valence-corrected chi connectivity index (χ3v) is 10.8. The number of hydrogen-bond acceptors (Lipinski definition) is 11. The summed E-state index contributed by atoms with van der Waals surface area (Å²) in [4.78, 5) is 17.7. The van der Waals surface area contributed by atoms with Crippen molar-refractivity contribution in [2.45, 2.75) is 62.4 Å². The molecule has 0 bridgehead atoms. The van der Waals surface area contributed by atoms with E-state index in [1.54, 1.807) is 31.3 Å². The Labute approximate surface area is 296 Å². The lowest BCUT2D eigenvalue weighted by Gasteiger charge is -2.31. The minimum atomic E-state index is -4.12. The van der Waals surface area contributed by atoms with Gasteiger partial charge < -0.3 is 39.1 Å². The number of amides is 1. The molecule has 13 nitrogen and oxygen atoms in total. The zero-order chi connectivity index (χ0) is 36.1. The number of halogens is 1. The summed E-state index contributed by atoms with van der Waals surface area (Å²) in [6.07, 6.45) is -3.89. The van der Waals surface area contributed by atoms with Crippen LogP contribution in [-0.2, 0) is 42.0 Å². The quantitative estimate of drug-likeness (QED) is 0.160. The highest BCUT2D eigenvalue weighted by molar-refractivity contribution is 7.89. The summed E-state index contributed by atoms with van der Waals surface area (Å²) in [5, 5.41) is 17.3. The third kappa shape index (κ3) is 8.68. The van der Waals surface area contributed by atoms with E-state index in [-0.39, 0.29) is 62.0 Å². The van der Waals surface area contributed by atoms with E-state index in [2.05, 4.69) is 15.6 Å². The smallest absolute Gasteiger partial charge is 0.407 e. The van der Waals surface area contributed by atoms with E-state index in [9.17, 15) is 22.7 Å². The monoisotopic (exact) mass is 726 g/mol. The van der Waals surface area contributed by atoms with Crippen LogP contribution in [0.1, 0.15) is 25.0 Å². The average Bonchev–Trinajstić information content (AvgIpc) is 3.83. The normalized spacial score (nSPS) is 21.5. The molecule has 15 heteroatoms. The summed E-state index contributed by atoms with van der Waals surface area (Å²) < 4.78 is 72.4. The number of aliphatic hydroxyl groups is 1. The van der Waals surface area contributed by atoms with Crippen LogP contribution in [0.2, 0.25) is 0 Å². The summed E-state index contributed by atoms with van der Waals surface area (Å²) in [5.74, 6) is -0.929. The molecule has 1 amide bonds. The average molecular weight is 727 g/mol. The Morgan fingerprint density at radius 2 is 1.76 bits per heavy atom. The molecule has 2 aliphatic rings. The van der Waals surface area contributed by atoms with Crippen molar-refractivity contribution in [3.63, 3.8) is 0 Å². The molecule has 2 fully saturated rings. The van der Waals surface area contributed by atoms with Crippen LogP contribution >= 0.6 is 0 Å². The van der Waals surface area contributed by atoms with Crippen molar-refractivity contribution in [2.24, 2.45) is 11.8 Å². The van der Waals surface area contributed by atoms with Crippen molar-refractivity contribution in [3.8, 4) is 0 Å². The van der Waals surface area contributed by atoms with Gasteiger partial charge in [-0.2, -0.15) is 9.29 Å². The minimum absolute atomic E-state index is 0.00715. The first kappa shape index (κ1) is 36.7. The van der Waals surface area contributed by atoms with Gasteiger partial charge in [0.15, 0.2) is 11.9 Å². The van der Waals surface area contributed by atoms with E-state index < -0.39 is 52.7 Å². The number of nitrogens with one attached hydrogen (secondary N) is 2. The molecule has 2 aliphatic heterocycles. The van der Waals surface area contributed by atoms with Gasteiger partial charge in [0.2, 0.25) is 10.0 Å². The topological polar surface area (TPSA) is 162 Å². The number of oxazole rings is 1. The van der Waals surface area contributed by atoms with Crippen LogP contribution in [0.15, 0.2) is 82.1 Å². The van der Waals surface area contributed by atoms with Crippen LogP contribution in [0.5, 0.6) is 0 Å². The van der Waals surface area contributed by atoms with Crippen molar-refractivity contribution >= 4 is 33.2 Å². The van der Waals surface area contributed by atoms with Gasteiger partial charge in [-0.15, -0.1) is 0 Å². The summed E-state index contributed by atoms with van der Waals surface area (Å²) >= 11 is 0. The fourth-order valence-corrected chi connectivity index (χ4v) is 7.99. The van der Waals surface area contributed by atoms with Gasteiger partial charge in [0, 0.05) is 31.8 Å². The molecule has 0 radical (unpaired) electrons. The molecule has 6 rings (SSSR count). The maximum Gasteiger partial charge on any atom is 0.407 e. The molecule has 51 heavy (non-hydrogen) atoms. The van der Waals surface area contributed by atoms with Crippen LogP contribution < -0.4 is 10.6 Å². The number of carbonyl (C=O) groups excluding carboxylic acids is 1. The summed E-state index contributed by atoms with van der Waals surface area (Å²) in [6, 6.07) is 19.3. The molecule has 3 aromatic carbocycles. The van der Waals surface area contributed by atoms with Crippen LogP contribution in [0.3, 0.4) is 0 Å². The fraction of sp³-hybridized carbons (Fsp3) is 0.444. The number of nitrogens with zero attached hydrogens (tertiary/aromatic N) is 2. The maximum absolute atomic E-state index is 14.2. The molecular formula is C36H43FN4O9S. The maximum atomic E-state index is 14.2. The number of hydrogen-bond donors (Lipinski definition) is 3. The van der Waals surface area contributed by atoms with Crippen molar-refractivity contribution in [1.82, 2.24) is 14.6 Å². The molecular weight excluding hydrogens is 683 g/mol. The van der Waals surface area contributed by atoms with Gasteiger partial charge in [-0.3, -0.25) is 0 Å². The number of benzene rings is 3. The molecule has 4 aromatic rings. The Morgan fingerprint density at radius 1 is 1.04 bits per heavy atom. The standard InChI is InChI=1S/C36H43FN4O9S/c1-22(2)17-41(51(44,45)25-13-14-27-30(16-25)49-35(38-3)39-27)18-29(42)28(15-23-9-5-4-6-10-23)40-36(43)50-32-21-48-34-33(32)31(20-47-34)46-19-24-11-7-8-12-26(24)37/h4-14,16,22,28-29,31-34,42H,15,17-21H2,1-3H3,(H,38,39)(H,40,43)/t28-,29+,31-,32-,33-,34+/m0/s1. The van der Waals surface area contributed by atoms with Gasteiger partial charge in [0.25, 0.3) is 6.01 Å². The number of ether oxygens (including phenoxy) is 4. The molecule has 6 atom stereocenters. The minimum Gasteiger partial charge on any atom is -0.443 e. The molecule has 274 valence electrons. The summed E-state index contributed by atoms with van der Waals surface area (Å²) in [6.45, 7) is 3.79. The van der Waals surface area contributed by atoms with E-state index in [0.717, 1.165) is 5.56 Å². The Morgan fingerprint density at radius 3 is 2.49 bits per heavy atom. The molecule has 3 N–H and O–H groups in total. The fourth-order valence-electron chi connectivity index (χ4n) is 6.36. The Balaban J connectivity index is 1.17. The van der Waals surface area contributed by atoms with E-state index in [1.165, 1.54) is 22.5 Å². The highest BCUT2D eigenvalue weighted by Gasteiger charge is 2.51. The second kappa shape index (κ2) is 16.0. The van der Waals surface area contributed by atoms with Gasteiger partial charge in [0.05, 0.1) is 48.9 Å². The number of aliphatic hydroxyl groups excluding tert-OH is 1. The largest absolute Gasteiger partial charge is 0.443 e. The number of aromatic nitrogens is 1. The van der Waals surface area contributed by atoms with Crippen LogP contribution in [0.25, 0.3) is 11.1 Å². The molecule has 0 unspecified atom stereocenters. The van der Waals surface area contributed by atoms with Gasteiger partial charge in [-0.1, -0.05) is 62.4 Å². The number of fused-ring (bicyclic) bond motifs is 2. The zero-order valence-corrected chi connectivity index (χ0v) is 29.4. The number of carbonyl (C=O) groups is 1. The highest BCUT2D eigenvalue weighted by Crippen LogP contribution is 2.36. The second-order valence-electron chi connectivity index (χ2n) is 13.1. The van der Waals surface area contributed by atoms with E-state index in [4.69, 9.17) is 23.4 Å². The molecule has 0 saturated carbocycles. The third-order valence-electron chi connectivity index (χ3n) is 8.93. The lowest BCUT2D eigenvalue weighted by Crippen LogP contribution is -2.52. The van der Waals surface area contributed by atoms with Gasteiger partial charge in [-0.05, 0) is 36.1 Å². The lowest BCUT2D eigenvalue weighted by atomic mass is 10.00. The van der Waals surface area contributed by atoms with Gasteiger partial charge >= 0.3 is 6.09 Å². The molecule has 3 heterocycles. The number of rotatable bonds is 15. The van der Waals surface area contributed by atoms with E-state index >= 15 is 0 Å². The van der Waals surface area contributed by atoms with E-state index in [1.807, 2.05) is 44.2 Å². The molecule has 0 aliphatic carbocycles. The first-order chi connectivity index (χ1) is 24.5. The Kier molecular flexibility index (Phi) is 11.5. The number of alkyl carbamates (subject to hydrolysis) is 1. The number of sulfonamides is 1. The lowest BCUT2D eigenvalue weighted by molar-refractivity contribution is -0.0916. The van der Waals surface area contributed by atoms with Crippen LogP contribution in [-0.4, -0.2) is 92.9 Å². The molecule has 2 saturated heterocycles. The summed E-state index contributed by atoms with van der Waals surface area (Å²) in [7, 11) is -2.48. The van der Waals surface area contributed by atoms with Crippen LogP contribution in [0.4, 0.5) is 15.2 Å².